The van der Waals surface area contributed by atoms with Crippen LogP contribution in [0.5, 0.6) is 0 Å². The summed E-state index contributed by atoms with van der Waals surface area (Å²) in [5, 5.41) is 0. The molecule has 0 radical (unpaired) electrons. The number of rotatable bonds is 6. The van der Waals surface area contributed by atoms with Gasteiger partial charge in [0.05, 0.1) is 28.3 Å². The van der Waals surface area contributed by atoms with Crippen LogP contribution in [0, 0.1) is 0 Å². The molecule has 0 fully saturated rings. The topological polar surface area (TPSA) is 30.7 Å². The molecule has 3 nitrogen and oxygen atoms in total. The summed E-state index contributed by atoms with van der Waals surface area (Å²) in [6, 6.07) is 67.9. The maximum absolute atomic E-state index is 5.11. The lowest BCUT2D eigenvalue weighted by Crippen LogP contribution is -2.28. The third-order valence-electron chi connectivity index (χ3n) is 10.6. The Morgan fingerprint density at radius 2 is 1.02 bits per heavy atom. The first-order valence-corrected chi connectivity index (χ1v) is 17.7. The highest BCUT2D eigenvalue weighted by atomic mass is 15.1. The Morgan fingerprint density at radius 3 is 1.73 bits per heavy atom. The fraction of sp³-hybridized carbons (Fsp3) is 0.0204. The van der Waals surface area contributed by atoms with E-state index >= 15 is 0 Å². The molecule has 3 heteroatoms. The summed E-state index contributed by atoms with van der Waals surface area (Å²) in [6.45, 7) is 0. The van der Waals surface area contributed by atoms with Crippen LogP contribution < -0.4 is 0 Å². The van der Waals surface area contributed by atoms with Gasteiger partial charge in [-0.25, -0.2) is 4.98 Å². The normalized spacial score (nSPS) is 12.8. The fourth-order valence-electron chi connectivity index (χ4n) is 8.31. The summed E-state index contributed by atoms with van der Waals surface area (Å²) in [5.74, 6) is 0.892. The molecule has 2 aromatic heterocycles. The van der Waals surface area contributed by atoms with Crippen LogP contribution in [-0.4, -0.2) is 14.5 Å². The zero-order valence-corrected chi connectivity index (χ0v) is 28.4. The molecule has 9 aromatic rings. The van der Waals surface area contributed by atoms with Crippen molar-refractivity contribution in [2.75, 3.05) is 0 Å². The van der Waals surface area contributed by atoms with Crippen LogP contribution in [0.1, 0.15) is 22.3 Å². The first-order chi connectivity index (χ1) is 25.8. The largest absolute Gasteiger partial charge is 0.291 e. The number of hydrogen-bond donors (Lipinski definition) is 0. The molecule has 0 unspecified atom stereocenters. The molecule has 52 heavy (non-hydrogen) atoms. The van der Waals surface area contributed by atoms with Crippen molar-refractivity contribution in [2.24, 2.45) is 0 Å². The van der Waals surface area contributed by atoms with Crippen LogP contribution in [-0.2, 0) is 5.41 Å². The average Bonchev–Trinajstić information content (AvgIpc) is 3.76. The highest BCUT2D eigenvalue weighted by Crippen LogP contribution is 2.56. The Morgan fingerprint density at radius 1 is 0.423 bits per heavy atom. The van der Waals surface area contributed by atoms with E-state index in [2.05, 4.69) is 185 Å². The molecule has 1 aliphatic rings. The predicted molar refractivity (Wildman–Crippen MR) is 212 cm³/mol. The maximum Gasteiger partial charge on any atom is 0.145 e. The second-order valence-electron chi connectivity index (χ2n) is 13.4. The van der Waals surface area contributed by atoms with E-state index < -0.39 is 5.41 Å². The number of benzene rings is 7. The van der Waals surface area contributed by atoms with Crippen molar-refractivity contribution in [1.29, 1.82) is 0 Å². The summed E-state index contributed by atoms with van der Waals surface area (Å²) in [4.78, 5) is 9.52. The minimum Gasteiger partial charge on any atom is -0.291 e. The van der Waals surface area contributed by atoms with Gasteiger partial charge in [0.2, 0.25) is 0 Å². The molecule has 0 bridgehead atoms. The highest BCUT2D eigenvalue weighted by Gasteiger charge is 2.46. The van der Waals surface area contributed by atoms with Crippen LogP contribution in [0.2, 0.25) is 0 Å². The molecule has 2 heterocycles. The lowest BCUT2D eigenvalue weighted by Gasteiger charge is -2.34. The van der Waals surface area contributed by atoms with E-state index in [-0.39, 0.29) is 0 Å². The lowest BCUT2D eigenvalue weighted by molar-refractivity contribution is 0.769. The second kappa shape index (κ2) is 12.2. The van der Waals surface area contributed by atoms with Gasteiger partial charge < -0.3 is 0 Å². The minimum absolute atomic E-state index is 0.434. The van der Waals surface area contributed by atoms with Gasteiger partial charge in [0.15, 0.2) is 0 Å². The molecule has 0 aliphatic heterocycles. The van der Waals surface area contributed by atoms with Crippen LogP contribution in [0.15, 0.2) is 200 Å². The Bertz CT molecular complexity index is 2690. The molecule has 10 rings (SSSR count). The molecular formula is C49H33N3. The number of imidazole rings is 1. The Hall–Kier alpha value is -6.84. The smallest absolute Gasteiger partial charge is 0.145 e. The number of hydrogen-bond acceptors (Lipinski definition) is 2. The van der Waals surface area contributed by atoms with Gasteiger partial charge in [-0.3, -0.25) is 9.55 Å². The fourth-order valence-corrected chi connectivity index (χ4v) is 8.31. The van der Waals surface area contributed by atoms with E-state index in [1.807, 2.05) is 18.3 Å². The standard InChI is InChI=1S/C49H33N3/c1-3-18-39(19-4-1)49(40-20-5-2-6-21-40)44-24-8-7-23-42(44)43-28-27-37(32-45(43)49)35-15-11-14-34(30-35)36-16-12-17-38(31-36)48-51-46-25-9-10-26-47(46)52(48)41-22-13-29-50-33-41/h1-33H. The van der Waals surface area contributed by atoms with Crippen molar-refractivity contribution < 1.29 is 0 Å². The van der Waals surface area contributed by atoms with Crippen molar-refractivity contribution in [3.05, 3.63) is 223 Å². The van der Waals surface area contributed by atoms with E-state index in [0.717, 1.165) is 39.2 Å². The van der Waals surface area contributed by atoms with E-state index in [1.165, 1.54) is 44.5 Å². The number of nitrogens with zero attached hydrogens (tertiary/aromatic N) is 3. The molecule has 0 amide bonds. The maximum atomic E-state index is 5.11. The third kappa shape index (κ3) is 4.67. The van der Waals surface area contributed by atoms with Crippen LogP contribution in [0.4, 0.5) is 0 Å². The van der Waals surface area contributed by atoms with Gasteiger partial charge in [-0.1, -0.05) is 146 Å². The molecule has 1 aliphatic carbocycles. The van der Waals surface area contributed by atoms with Crippen molar-refractivity contribution >= 4 is 11.0 Å². The molecule has 7 aromatic carbocycles. The summed E-state index contributed by atoms with van der Waals surface area (Å²) in [6.07, 6.45) is 3.70. The SMILES string of the molecule is c1ccc(C2(c3ccccc3)c3ccccc3-c3ccc(-c4cccc(-c5cccc(-c6nc7ccccc7n6-c6cccnc6)c5)c4)cc32)cc1. The monoisotopic (exact) mass is 663 g/mol. The number of para-hydroxylation sites is 2. The van der Waals surface area contributed by atoms with Gasteiger partial charge in [-0.15, -0.1) is 0 Å². The molecule has 244 valence electrons. The molecule has 0 spiro atoms. The van der Waals surface area contributed by atoms with E-state index in [4.69, 9.17) is 4.98 Å². The minimum atomic E-state index is -0.434. The first kappa shape index (κ1) is 30.0. The quantitative estimate of drug-likeness (QED) is 0.177. The Labute approximate surface area is 303 Å². The summed E-state index contributed by atoms with van der Waals surface area (Å²) < 4.78 is 2.20. The van der Waals surface area contributed by atoms with E-state index in [0.29, 0.717) is 0 Å². The van der Waals surface area contributed by atoms with Crippen LogP contribution >= 0.6 is 0 Å². The van der Waals surface area contributed by atoms with Crippen molar-refractivity contribution in [1.82, 2.24) is 14.5 Å². The molecule has 0 atom stereocenters. The van der Waals surface area contributed by atoms with E-state index in [1.54, 1.807) is 6.20 Å². The lowest BCUT2D eigenvalue weighted by atomic mass is 9.67. The van der Waals surface area contributed by atoms with Crippen molar-refractivity contribution in [2.45, 2.75) is 5.41 Å². The predicted octanol–water partition coefficient (Wildman–Crippen LogP) is 11.8. The first-order valence-electron chi connectivity index (χ1n) is 17.7. The van der Waals surface area contributed by atoms with Crippen molar-refractivity contribution in [3.8, 4) is 50.5 Å². The van der Waals surface area contributed by atoms with Gasteiger partial charge in [0.25, 0.3) is 0 Å². The summed E-state index contributed by atoms with van der Waals surface area (Å²) >= 11 is 0. The van der Waals surface area contributed by atoms with Gasteiger partial charge in [0.1, 0.15) is 5.82 Å². The highest BCUT2D eigenvalue weighted by molar-refractivity contribution is 5.89. The molecular weight excluding hydrogens is 631 g/mol. The number of aromatic nitrogens is 3. The number of pyridine rings is 1. The zero-order chi connectivity index (χ0) is 34.5. The van der Waals surface area contributed by atoms with Gasteiger partial charge in [-0.2, -0.15) is 0 Å². The van der Waals surface area contributed by atoms with Crippen molar-refractivity contribution in [3.63, 3.8) is 0 Å². The van der Waals surface area contributed by atoms with Crippen LogP contribution in [0.25, 0.3) is 61.5 Å². The third-order valence-corrected chi connectivity index (χ3v) is 10.6. The van der Waals surface area contributed by atoms with E-state index in [9.17, 15) is 0 Å². The molecule has 0 N–H and O–H groups in total. The second-order valence-corrected chi connectivity index (χ2v) is 13.4. The Kier molecular flexibility index (Phi) is 7.04. The molecule has 0 saturated heterocycles. The zero-order valence-electron chi connectivity index (χ0n) is 28.4. The van der Waals surface area contributed by atoms with Gasteiger partial charge >= 0.3 is 0 Å². The number of fused-ring (bicyclic) bond motifs is 4. The van der Waals surface area contributed by atoms with Gasteiger partial charge in [-0.05, 0) is 98.1 Å². The summed E-state index contributed by atoms with van der Waals surface area (Å²) in [5.41, 5.74) is 16.0. The summed E-state index contributed by atoms with van der Waals surface area (Å²) in [7, 11) is 0. The average molecular weight is 664 g/mol. The Balaban J connectivity index is 1.11. The molecule has 0 saturated carbocycles. The van der Waals surface area contributed by atoms with Crippen LogP contribution in [0.3, 0.4) is 0 Å². The van der Waals surface area contributed by atoms with Gasteiger partial charge in [0, 0.05) is 11.8 Å².